The minimum Gasteiger partial charge on any atom is -0.494 e. The first kappa shape index (κ1) is 28.5. The van der Waals surface area contributed by atoms with Crippen LogP contribution >= 0.6 is 11.6 Å². The third kappa shape index (κ3) is 8.23. The number of carbonyl (C=O) groups is 1. The molecule has 0 aliphatic carbocycles. The first-order chi connectivity index (χ1) is 17.6. The van der Waals surface area contributed by atoms with E-state index in [0.29, 0.717) is 37.4 Å². The molecule has 2 unspecified atom stereocenters. The Bertz CT molecular complexity index is 1170. The topological polar surface area (TPSA) is 55.6 Å². The van der Waals surface area contributed by atoms with Crippen molar-refractivity contribution in [2.24, 2.45) is 5.73 Å². The third-order valence-electron chi connectivity index (χ3n) is 6.35. The molecule has 0 saturated heterocycles. The van der Waals surface area contributed by atoms with E-state index in [1.807, 2.05) is 48.5 Å². The van der Waals surface area contributed by atoms with E-state index in [4.69, 9.17) is 22.1 Å². The number of alkyl halides is 3. The fourth-order valence-electron chi connectivity index (χ4n) is 4.19. The van der Waals surface area contributed by atoms with E-state index < -0.39 is 23.6 Å². The lowest BCUT2D eigenvalue weighted by Gasteiger charge is -2.27. The zero-order valence-corrected chi connectivity index (χ0v) is 21.7. The predicted molar refractivity (Wildman–Crippen MR) is 141 cm³/mol. The van der Waals surface area contributed by atoms with Crippen LogP contribution in [0.3, 0.4) is 0 Å². The molecule has 3 aromatic rings. The molecule has 0 saturated carbocycles. The first-order valence-corrected chi connectivity index (χ1v) is 12.6. The van der Waals surface area contributed by atoms with Gasteiger partial charge in [-0.15, -0.1) is 0 Å². The van der Waals surface area contributed by atoms with Gasteiger partial charge in [0.15, 0.2) is 0 Å². The van der Waals surface area contributed by atoms with Gasteiger partial charge in [0, 0.05) is 19.6 Å². The van der Waals surface area contributed by atoms with Gasteiger partial charge in [-0.2, -0.15) is 13.2 Å². The van der Waals surface area contributed by atoms with Crippen molar-refractivity contribution in [1.82, 2.24) is 4.90 Å². The van der Waals surface area contributed by atoms with Crippen LogP contribution in [0.1, 0.15) is 54.4 Å². The lowest BCUT2D eigenvalue weighted by Crippen LogP contribution is -2.30. The van der Waals surface area contributed by atoms with Crippen LogP contribution in [-0.4, -0.2) is 30.5 Å². The molecule has 8 heteroatoms. The second kappa shape index (κ2) is 13.0. The van der Waals surface area contributed by atoms with Crippen LogP contribution in [0.2, 0.25) is 5.02 Å². The summed E-state index contributed by atoms with van der Waals surface area (Å²) in [5.41, 5.74) is 6.95. The normalized spacial score (nSPS) is 13.4. The maximum Gasteiger partial charge on any atom is 0.417 e. The van der Waals surface area contributed by atoms with E-state index in [9.17, 15) is 18.0 Å². The first-order valence-electron chi connectivity index (χ1n) is 12.2. The highest BCUT2D eigenvalue weighted by atomic mass is 35.5. The lowest BCUT2D eigenvalue weighted by atomic mass is 10.00. The number of hydrogen-bond acceptors (Lipinski definition) is 3. The summed E-state index contributed by atoms with van der Waals surface area (Å²) in [5, 5.41) is -0.260. The molecular weight excluding hydrogens is 501 g/mol. The smallest absolute Gasteiger partial charge is 0.417 e. The molecule has 0 aromatic heterocycles. The average molecular weight is 533 g/mol. The molecule has 0 bridgehead atoms. The summed E-state index contributed by atoms with van der Waals surface area (Å²) < 4.78 is 46.1. The summed E-state index contributed by atoms with van der Waals surface area (Å²) in [6.45, 7) is 5.76. The monoisotopic (exact) mass is 532 g/mol. The van der Waals surface area contributed by atoms with Gasteiger partial charge in [-0.1, -0.05) is 73.1 Å². The average Bonchev–Trinajstić information content (AvgIpc) is 2.87. The second-order valence-corrected chi connectivity index (χ2v) is 9.60. The molecular formula is C29H32ClF3N2O2. The number of hydrogen-bond donors (Lipinski definition) is 1. The van der Waals surface area contributed by atoms with Gasteiger partial charge in [-0.3, -0.25) is 9.69 Å². The number of rotatable bonds is 12. The Morgan fingerprint density at radius 2 is 1.68 bits per heavy atom. The number of nitrogens with two attached hydrogens (primary N) is 1. The van der Waals surface area contributed by atoms with Crippen LogP contribution in [0.25, 0.3) is 0 Å². The lowest BCUT2D eigenvalue weighted by molar-refractivity contribution is -0.137. The molecule has 2 atom stereocenters. The Hall–Kier alpha value is -3.03. The number of carbonyl (C=O) groups excluding carboxylic acids is 1. The molecule has 198 valence electrons. The summed E-state index contributed by atoms with van der Waals surface area (Å²) in [6, 6.07) is 21.3. The molecule has 4 nitrogen and oxygen atoms in total. The molecule has 0 spiro atoms. The standard InChI is InChI=1S/C29H32ClF3N2O2/c1-20(22-9-4-3-5-10-22)18-35(19-24-12-7-14-26(27(24)30)29(31,32)33)15-8-16-37-25-13-6-11-23(17-25)21(2)28(34)36/h3-7,9-14,17,20-21H,8,15-16,18-19H2,1-2H3,(H2,34,36). The van der Waals surface area contributed by atoms with Gasteiger partial charge in [0.2, 0.25) is 5.91 Å². The van der Waals surface area contributed by atoms with Crippen molar-refractivity contribution in [1.29, 1.82) is 0 Å². The van der Waals surface area contributed by atoms with Gasteiger partial charge in [0.25, 0.3) is 0 Å². The molecule has 3 rings (SSSR count). The summed E-state index contributed by atoms with van der Waals surface area (Å²) in [5.74, 6) is -0.0290. The van der Waals surface area contributed by atoms with E-state index in [0.717, 1.165) is 17.2 Å². The summed E-state index contributed by atoms with van der Waals surface area (Å²) in [7, 11) is 0. The predicted octanol–water partition coefficient (Wildman–Crippen LogP) is 7.02. The van der Waals surface area contributed by atoms with Gasteiger partial charge < -0.3 is 10.5 Å². The fourth-order valence-corrected chi connectivity index (χ4v) is 4.48. The molecule has 0 radical (unpaired) electrons. The fraction of sp³-hybridized carbons (Fsp3) is 0.345. The van der Waals surface area contributed by atoms with Crippen molar-refractivity contribution >= 4 is 17.5 Å². The van der Waals surface area contributed by atoms with Crippen LogP contribution < -0.4 is 10.5 Å². The van der Waals surface area contributed by atoms with Crippen LogP contribution in [0.4, 0.5) is 13.2 Å². The molecule has 0 aliphatic heterocycles. The second-order valence-electron chi connectivity index (χ2n) is 9.22. The largest absolute Gasteiger partial charge is 0.494 e. The Kier molecular flexibility index (Phi) is 10.0. The quantitative estimate of drug-likeness (QED) is 0.255. The highest BCUT2D eigenvalue weighted by Gasteiger charge is 2.34. The Morgan fingerprint density at radius 1 is 1.00 bits per heavy atom. The van der Waals surface area contributed by atoms with Crippen LogP contribution in [0.15, 0.2) is 72.8 Å². The van der Waals surface area contributed by atoms with Crippen LogP contribution in [0.5, 0.6) is 5.75 Å². The Balaban J connectivity index is 1.69. The molecule has 2 N–H and O–H groups in total. The highest BCUT2D eigenvalue weighted by Crippen LogP contribution is 2.36. The summed E-state index contributed by atoms with van der Waals surface area (Å²) >= 11 is 6.19. The molecule has 0 fully saturated rings. The molecule has 1 amide bonds. The van der Waals surface area contributed by atoms with E-state index in [1.165, 1.54) is 6.07 Å². The van der Waals surface area contributed by atoms with Gasteiger partial charge >= 0.3 is 6.18 Å². The van der Waals surface area contributed by atoms with Crippen LogP contribution in [-0.2, 0) is 17.5 Å². The van der Waals surface area contributed by atoms with E-state index >= 15 is 0 Å². The van der Waals surface area contributed by atoms with Crippen molar-refractivity contribution in [3.8, 4) is 5.75 Å². The number of primary amides is 1. The van der Waals surface area contributed by atoms with E-state index in [2.05, 4.69) is 11.8 Å². The Morgan fingerprint density at radius 3 is 2.35 bits per heavy atom. The van der Waals surface area contributed by atoms with Gasteiger partial charge in [-0.25, -0.2) is 0 Å². The number of halogens is 4. The SMILES string of the molecule is CC(CN(CCCOc1cccc(C(C)C(N)=O)c1)Cc1cccc(C(F)(F)F)c1Cl)c1ccccc1. The molecule has 0 heterocycles. The van der Waals surface area contributed by atoms with Crippen molar-refractivity contribution in [2.75, 3.05) is 19.7 Å². The minimum atomic E-state index is -4.51. The molecule has 37 heavy (non-hydrogen) atoms. The van der Waals surface area contributed by atoms with Gasteiger partial charge in [-0.05, 0) is 54.2 Å². The van der Waals surface area contributed by atoms with Crippen molar-refractivity contribution < 1.29 is 22.7 Å². The van der Waals surface area contributed by atoms with Crippen LogP contribution in [0, 0.1) is 0 Å². The highest BCUT2D eigenvalue weighted by molar-refractivity contribution is 6.32. The van der Waals surface area contributed by atoms with Gasteiger partial charge in [0.1, 0.15) is 5.75 Å². The Labute approximate surface area is 221 Å². The van der Waals surface area contributed by atoms with Crippen molar-refractivity contribution in [3.05, 3.63) is 100 Å². The summed E-state index contributed by atoms with van der Waals surface area (Å²) in [4.78, 5) is 13.6. The third-order valence-corrected chi connectivity index (χ3v) is 6.80. The number of amides is 1. The minimum absolute atomic E-state index is 0.165. The van der Waals surface area contributed by atoms with E-state index in [-0.39, 0.29) is 17.5 Å². The molecule has 3 aromatic carbocycles. The van der Waals surface area contributed by atoms with Crippen molar-refractivity contribution in [2.45, 2.75) is 44.8 Å². The van der Waals surface area contributed by atoms with Crippen molar-refractivity contribution in [3.63, 3.8) is 0 Å². The zero-order chi connectivity index (χ0) is 27.0. The maximum atomic E-state index is 13.4. The zero-order valence-electron chi connectivity index (χ0n) is 21.0. The summed E-state index contributed by atoms with van der Waals surface area (Å²) in [6.07, 6.45) is -3.86. The maximum absolute atomic E-state index is 13.4. The number of benzene rings is 3. The number of ether oxygens (including phenoxy) is 1. The van der Waals surface area contributed by atoms with Gasteiger partial charge in [0.05, 0.1) is 23.1 Å². The molecule has 0 aliphatic rings. The van der Waals surface area contributed by atoms with E-state index in [1.54, 1.807) is 19.1 Å². The number of nitrogens with zero attached hydrogens (tertiary/aromatic N) is 1.